The van der Waals surface area contributed by atoms with Crippen LogP contribution in [0.25, 0.3) is 10.8 Å². The normalized spacial score (nSPS) is 11.3. The molecule has 0 atom stereocenters. The predicted molar refractivity (Wildman–Crippen MR) is 116 cm³/mol. The third-order valence-corrected chi connectivity index (χ3v) is 4.42. The van der Waals surface area contributed by atoms with E-state index in [4.69, 9.17) is 5.41 Å². The first-order valence-corrected chi connectivity index (χ1v) is 9.28. The molecule has 0 heterocycles. The van der Waals surface area contributed by atoms with Gasteiger partial charge in [0.1, 0.15) is 5.70 Å². The van der Waals surface area contributed by atoms with Crippen molar-refractivity contribution >= 4 is 28.3 Å². The van der Waals surface area contributed by atoms with E-state index in [2.05, 4.69) is 16.0 Å². The summed E-state index contributed by atoms with van der Waals surface area (Å²) in [4.78, 5) is 12.7. The van der Waals surface area contributed by atoms with Crippen LogP contribution in [0.15, 0.2) is 78.5 Å². The number of amides is 1. The number of carbonyl (C=O) groups is 1. The van der Waals surface area contributed by atoms with E-state index < -0.39 is 11.9 Å². The molecule has 148 valence electrons. The summed E-state index contributed by atoms with van der Waals surface area (Å²) in [6.07, 6.45) is 0.878. The zero-order chi connectivity index (χ0) is 20.6. The predicted octanol–water partition coefficient (Wildman–Crippen LogP) is 4.12. The first-order valence-electron chi connectivity index (χ1n) is 9.28. The van der Waals surface area contributed by atoms with Gasteiger partial charge in [0.25, 0.3) is 5.91 Å². The summed E-state index contributed by atoms with van der Waals surface area (Å²) in [5.74, 6) is -1.68. The van der Waals surface area contributed by atoms with Gasteiger partial charge in [-0.15, -0.1) is 0 Å². The zero-order valence-corrected chi connectivity index (χ0v) is 16.1. The van der Waals surface area contributed by atoms with Crippen LogP contribution < -0.4 is 16.0 Å². The molecule has 6 heteroatoms. The number of halogens is 1. The summed E-state index contributed by atoms with van der Waals surface area (Å²) in [5.41, 5.74) is 2.59. The quantitative estimate of drug-likeness (QED) is 0.345. The molecule has 0 aliphatic rings. The van der Waals surface area contributed by atoms with E-state index >= 15 is 0 Å². The Morgan fingerprint density at radius 3 is 2.59 bits per heavy atom. The number of hydrogen-bond donors (Lipinski definition) is 4. The van der Waals surface area contributed by atoms with E-state index in [-0.39, 0.29) is 5.70 Å². The van der Waals surface area contributed by atoms with Gasteiger partial charge in [-0.2, -0.15) is 4.39 Å². The lowest BCUT2D eigenvalue weighted by Crippen LogP contribution is -2.28. The largest absolute Gasteiger partial charge is 0.351 e. The Hall–Kier alpha value is -3.51. The molecule has 0 aliphatic carbocycles. The topological polar surface area (TPSA) is 77.0 Å². The summed E-state index contributed by atoms with van der Waals surface area (Å²) in [5, 5.41) is 18.0. The van der Waals surface area contributed by atoms with Crippen molar-refractivity contribution in [2.24, 2.45) is 0 Å². The molecule has 0 fully saturated rings. The van der Waals surface area contributed by atoms with Crippen LogP contribution in [0.3, 0.4) is 0 Å². The lowest BCUT2D eigenvalue weighted by atomic mass is 10.0. The average Bonchev–Trinajstić information content (AvgIpc) is 2.71. The fourth-order valence-corrected chi connectivity index (χ4v) is 3.12. The monoisotopic (exact) mass is 390 g/mol. The molecule has 0 radical (unpaired) electrons. The summed E-state index contributed by atoms with van der Waals surface area (Å²) in [6.45, 7) is 0.958. The van der Waals surface area contributed by atoms with Crippen molar-refractivity contribution in [2.75, 3.05) is 12.4 Å². The molecular weight excluding hydrogens is 367 g/mol. The van der Waals surface area contributed by atoms with Gasteiger partial charge in [-0.3, -0.25) is 10.2 Å². The molecule has 0 aromatic heterocycles. The highest BCUT2D eigenvalue weighted by Gasteiger charge is 2.12. The number of allylic oxidation sites excluding steroid dienone is 1. The molecule has 4 N–H and O–H groups in total. The van der Waals surface area contributed by atoms with Crippen LogP contribution in [-0.2, 0) is 17.9 Å². The van der Waals surface area contributed by atoms with E-state index in [9.17, 15) is 9.18 Å². The Balaban J connectivity index is 1.76. The van der Waals surface area contributed by atoms with E-state index in [0.29, 0.717) is 18.8 Å². The first-order chi connectivity index (χ1) is 14.1. The van der Waals surface area contributed by atoms with Gasteiger partial charge >= 0.3 is 0 Å². The third-order valence-electron chi connectivity index (χ3n) is 4.42. The van der Waals surface area contributed by atoms with Gasteiger partial charge in [0.05, 0.1) is 0 Å². The zero-order valence-electron chi connectivity index (χ0n) is 16.1. The molecule has 0 saturated heterocycles. The highest BCUT2D eigenvalue weighted by molar-refractivity contribution is 6.02. The van der Waals surface area contributed by atoms with Crippen LogP contribution >= 0.6 is 0 Å². The van der Waals surface area contributed by atoms with Crippen LogP contribution in [0.2, 0.25) is 0 Å². The van der Waals surface area contributed by atoms with Crippen LogP contribution in [0.1, 0.15) is 11.1 Å². The number of carbonyl (C=O) groups excluding carboxylic acids is 1. The number of anilines is 1. The number of nitrogens with one attached hydrogen (secondary N) is 4. The fourth-order valence-electron chi connectivity index (χ4n) is 3.12. The van der Waals surface area contributed by atoms with Gasteiger partial charge in [-0.1, -0.05) is 54.6 Å². The lowest BCUT2D eigenvalue weighted by Gasteiger charge is -2.13. The molecule has 3 rings (SSSR count). The summed E-state index contributed by atoms with van der Waals surface area (Å²) in [6, 6.07) is 21.2. The van der Waals surface area contributed by atoms with Crippen molar-refractivity contribution in [3.63, 3.8) is 0 Å². The van der Waals surface area contributed by atoms with E-state index in [1.807, 2.05) is 67.7 Å². The second-order valence-corrected chi connectivity index (χ2v) is 6.58. The maximum Gasteiger partial charge on any atom is 0.268 e. The third kappa shape index (κ3) is 5.49. The highest BCUT2D eigenvalue weighted by Crippen LogP contribution is 2.19. The van der Waals surface area contributed by atoms with Crippen molar-refractivity contribution < 1.29 is 9.18 Å². The highest BCUT2D eigenvalue weighted by atomic mass is 19.1. The molecule has 0 bridgehead atoms. The maximum absolute atomic E-state index is 13.3. The number of rotatable bonds is 8. The molecule has 0 unspecified atom stereocenters. The average molecular weight is 390 g/mol. The standard InChI is InChI=1S/C23H23FN4O/c1-26-14-16-6-4-10-19(12-16)28-21(13-22(24)25)23(29)27-15-18-9-5-8-17-7-2-3-11-20(17)18/h2-13,25-26,28H,14-15H2,1H3,(H,27,29)/b21-13-,25-22?. The smallest absolute Gasteiger partial charge is 0.268 e. The molecule has 5 nitrogen and oxygen atoms in total. The lowest BCUT2D eigenvalue weighted by molar-refractivity contribution is -0.117. The second kappa shape index (κ2) is 9.61. The molecule has 3 aromatic carbocycles. The van der Waals surface area contributed by atoms with E-state index in [1.54, 1.807) is 6.07 Å². The van der Waals surface area contributed by atoms with Crippen molar-refractivity contribution in [1.29, 1.82) is 5.41 Å². The Kier molecular flexibility index (Phi) is 6.71. The van der Waals surface area contributed by atoms with E-state index in [0.717, 1.165) is 28.0 Å². The minimum atomic E-state index is -1.20. The van der Waals surface area contributed by atoms with Gasteiger partial charge in [-0.25, -0.2) is 0 Å². The molecule has 29 heavy (non-hydrogen) atoms. The van der Waals surface area contributed by atoms with Gasteiger partial charge in [0, 0.05) is 24.9 Å². The minimum absolute atomic E-state index is 0.0284. The summed E-state index contributed by atoms with van der Waals surface area (Å²) >= 11 is 0. The van der Waals surface area contributed by atoms with Crippen molar-refractivity contribution in [1.82, 2.24) is 10.6 Å². The Morgan fingerprint density at radius 1 is 1.03 bits per heavy atom. The van der Waals surface area contributed by atoms with Crippen molar-refractivity contribution in [3.05, 3.63) is 89.6 Å². The van der Waals surface area contributed by atoms with Gasteiger partial charge in [-0.05, 0) is 41.1 Å². The SMILES string of the molecule is CNCc1cccc(N/C(=C\C(=N)F)C(=O)NCc2cccc3ccccc23)c1. The van der Waals surface area contributed by atoms with Crippen molar-refractivity contribution in [2.45, 2.75) is 13.1 Å². The van der Waals surface area contributed by atoms with Crippen LogP contribution in [0.4, 0.5) is 10.1 Å². The molecule has 3 aromatic rings. The van der Waals surface area contributed by atoms with Crippen molar-refractivity contribution in [3.8, 4) is 0 Å². The Morgan fingerprint density at radius 2 is 1.79 bits per heavy atom. The summed E-state index contributed by atoms with van der Waals surface area (Å²) in [7, 11) is 1.84. The number of benzene rings is 3. The van der Waals surface area contributed by atoms with Gasteiger partial charge in [0.2, 0.25) is 5.97 Å². The number of hydrogen-bond acceptors (Lipinski definition) is 4. The van der Waals surface area contributed by atoms with Crippen LogP contribution in [0.5, 0.6) is 0 Å². The molecule has 0 saturated carbocycles. The molecule has 0 aliphatic heterocycles. The van der Waals surface area contributed by atoms with E-state index in [1.165, 1.54) is 0 Å². The fraction of sp³-hybridized carbons (Fsp3) is 0.130. The minimum Gasteiger partial charge on any atom is -0.351 e. The Labute approximate surface area is 169 Å². The first kappa shape index (κ1) is 20.2. The summed E-state index contributed by atoms with van der Waals surface area (Å²) < 4.78 is 13.3. The van der Waals surface area contributed by atoms with Gasteiger partial charge < -0.3 is 16.0 Å². The van der Waals surface area contributed by atoms with Crippen LogP contribution in [0, 0.1) is 5.41 Å². The van der Waals surface area contributed by atoms with Crippen LogP contribution in [-0.4, -0.2) is 18.9 Å². The molecular formula is C23H23FN4O. The molecule has 0 spiro atoms. The number of fused-ring (bicyclic) bond motifs is 1. The second-order valence-electron chi connectivity index (χ2n) is 6.58. The molecule has 1 amide bonds. The van der Waals surface area contributed by atoms with Gasteiger partial charge in [0.15, 0.2) is 0 Å². The maximum atomic E-state index is 13.3. The Bertz CT molecular complexity index is 1060.